The molecule has 0 aliphatic carbocycles. The van der Waals surface area contributed by atoms with Gasteiger partial charge in [-0.3, -0.25) is 0 Å². The van der Waals surface area contributed by atoms with E-state index in [1.54, 1.807) is 35.6 Å². The Labute approximate surface area is 117 Å². The maximum atomic E-state index is 8.54. The van der Waals surface area contributed by atoms with E-state index in [2.05, 4.69) is 21.1 Å². The molecule has 2 aromatic rings. The van der Waals surface area contributed by atoms with Crippen molar-refractivity contribution in [2.24, 2.45) is 10.9 Å². The van der Waals surface area contributed by atoms with Crippen LogP contribution in [0.2, 0.25) is 0 Å². The van der Waals surface area contributed by atoms with Gasteiger partial charge in [-0.05, 0) is 52.3 Å². The van der Waals surface area contributed by atoms with Crippen molar-refractivity contribution in [3.05, 3.63) is 50.6 Å². The molecule has 0 bridgehead atoms. The van der Waals surface area contributed by atoms with Crippen LogP contribution in [0.25, 0.3) is 0 Å². The first-order valence-electron chi connectivity index (χ1n) is 5.14. The van der Waals surface area contributed by atoms with Gasteiger partial charge in [0.1, 0.15) is 12.4 Å². The second kappa shape index (κ2) is 5.88. The zero-order valence-corrected chi connectivity index (χ0v) is 11.7. The summed E-state index contributed by atoms with van der Waals surface area (Å²) in [6.07, 6.45) is 0. The predicted octanol–water partition coefficient (Wildman–Crippen LogP) is 3.18. The van der Waals surface area contributed by atoms with E-state index in [1.807, 2.05) is 12.1 Å². The summed E-state index contributed by atoms with van der Waals surface area (Å²) in [6, 6.07) is 11.1. The Morgan fingerprint density at radius 2 is 2.00 bits per heavy atom. The summed E-state index contributed by atoms with van der Waals surface area (Å²) in [5.74, 6) is 0.831. The van der Waals surface area contributed by atoms with E-state index in [1.165, 1.54) is 0 Å². The lowest BCUT2D eigenvalue weighted by atomic mass is 10.2. The molecule has 94 valence electrons. The standard InChI is InChI=1S/C12H11BrN2O2S/c13-11-6-5-10(18-11)7-17-9-3-1-8(2-4-9)12(14)15-16/h1-6,16H,7H2,(H2,14,15). The van der Waals surface area contributed by atoms with Crippen molar-refractivity contribution < 1.29 is 9.94 Å². The minimum absolute atomic E-state index is 0.0868. The van der Waals surface area contributed by atoms with E-state index in [0.717, 1.165) is 14.4 Å². The van der Waals surface area contributed by atoms with E-state index in [9.17, 15) is 0 Å². The minimum Gasteiger partial charge on any atom is -0.488 e. The van der Waals surface area contributed by atoms with Crippen LogP contribution in [-0.4, -0.2) is 11.0 Å². The lowest BCUT2D eigenvalue weighted by Crippen LogP contribution is -2.12. The van der Waals surface area contributed by atoms with E-state index in [0.29, 0.717) is 12.2 Å². The summed E-state index contributed by atoms with van der Waals surface area (Å²) in [7, 11) is 0. The smallest absolute Gasteiger partial charge is 0.170 e. The van der Waals surface area contributed by atoms with E-state index in [-0.39, 0.29) is 5.84 Å². The van der Waals surface area contributed by atoms with Crippen molar-refractivity contribution >= 4 is 33.1 Å². The number of ether oxygens (including phenoxy) is 1. The molecule has 4 nitrogen and oxygen atoms in total. The zero-order valence-electron chi connectivity index (χ0n) is 9.34. The molecule has 0 spiro atoms. The minimum atomic E-state index is 0.0868. The number of benzene rings is 1. The van der Waals surface area contributed by atoms with Crippen molar-refractivity contribution in [2.75, 3.05) is 0 Å². The Hall–Kier alpha value is -1.53. The van der Waals surface area contributed by atoms with Gasteiger partial charge in [0.25, 0.3) is 0 Å². The van der Waals surface area contributed by atoms with Gasteiger partial charge in [-0.1, -0.05) is 5.16 Å². The number of nitrogens with zero attached hydrogens (tertiary/aromatic N) is 1. The van der Waals surface area contributed by atoms with Crippen molar-refractivity contribution in [3.63, 3.8) is 0 Å². The number of hydrogen-bond acceptors (Lipinski definition) is 4. The lowest BCUT2D eigenvalue weighted by Gasteiger charge is -2.05. The molecule has 0 aliphatic rings. The van der Waals surface area contributed by atoms with Gasteiger partial charge in [0.05, 0.1) is 3.79 Å². The Morgan fingerprint density at radius 3 is 2.56 bits per heavy atom. The largest absolute Gasteiger partial charge is 0.488 e. The van der Waals surface area contributed by atoms with Gasteiger partial charge in [-0.2, -0.15) is 0 Å². The fourth-order valence-corrected chi connectivity index (χ4v) is 2.76. The van der Waals surface area contributed by atoms with Gasteiger partial charge in [-0.25, -0.2) is 0 Å². The van der Waals surface area contributed by atoms with Crippen LogP contribution in [0.15, 0.2) is 45.3 Å². The third kappa shape index (κ3) is 3.24. The highest BCUT2D eigenvalue weighted by Crippen LogP contribution is 2.23. The van der Waals surface area contributed by atoms with Crippen molar-refractivity contribution in [1.82, 2.24) is 0 Å². The molecule has 0 atom stereocenters. The van der Waals surface area contributed by atoms with Crippen LogP contribution in [-0.2, 0) is 6.61 Å². The zero-order chi connectivity index (χ0) is 13.0. The normalized spacial score (nSPS) is 11.5. The summed E-state index contributed by atoms with van der Waals surface area (Å²) in [4.78, 5) is 1.14. The molecule has 0 fully saturated rings. The molecule has 2 rings (SSSR count). The number of hydrogen-bond donors (Lipinski definition) is 2. The molecule has 1 aromatic carbocycles. The predicted molar refractivity (Wildman–Crippen MR) is 75.3 cm³/mol. The van der Waals surface area contributed by atoms with Gasteiger partial charge in [0.15, 0.2) is 5.84 Å². The molecule has 18 heavy (non-hydrogen) atoms. The number of nitrogens with two attached hydrogens (primary N) is 1. The maximum absolute atomic E-state index is 8.54. The fraction of sp³-hybridized carbons (Fsp3) is 0.0833. The van der Waals surface area contributed by atoms with Gasteiger partial charge in [0, 0.05) is 10.4 Å². The molecule has 3 N–H and O–H groups in total. The number of amidine groups is 1. The Bertz CT molecular complexity index is 551. The van der Waals surface area contributed by atoms with Gasteiger partial charge < -0.3 is 15.7 Å². The van der Waals surface area contributed by atoms with Crippen molar-refractivity contribution in [2.45, 2.75) is 6.61 Å². The summed E-state index contributed by atoms with van der Waals surface area (Å²) < 4.78 is 6.71. The number of halogens is 1. The molecule has 0 radical (unpaired) electrons. The molecule has 0 saturated carbocycles. The second-order valence-corrected chi connectivity index (χ2v) is 6.05. The van der Waals surface area contributed by atoms with Crippen LogP contribution >= 0.6 is 27.3 Å². The Morgan fingerprint density at radius 1 is 1.28 bits per heavy atom. The number of oxime groups is 1. The second-order valence-electron chi connectivity index (χ2n) is 3.50. The molecule has 0 aliphatic heterocycles. The molecular formula is C12H11BrN2O2S. The molecule has 0 saturated heterocycles. The molecule has 1 heterocycles. The number of thiophene rings is 1. The third-order valence-electron chi connectivity index (χ3n) is 2.27. The molecular weight excluding hydrogens is 316 g/mol. The summed E-state index contributed by atoms with van der Waals surface area (Å²) in [6.45, 7) is 0.527. The quantitative estimate of drug-likeness (QED) is 0.392. The van der Waals surface area contributed by atoms with Crippen LogP contribution in [0.3, 0.4) is 0 Å². The highest BCUT2D eigenvalue weighted by Gasteiger charge is 2.01. The fourth-order valence-electron chi connectivity index (χ4n) is 1.36. The Balaban J connectivity index is 1.98. The first-order valence-corrected chi connectivity index (χ1v) is 6.75. The highest BCUT2D eigenvalue weighted by atomic mass is 79.9. The van der Waals surface area contributed by atoms with Gasteiger partial charge in [0.2, 0.25) is 0 Å². The van der Waals surface area contributed by atoms with Crippen LogP contribution in [0.5, 0.6) is 5.75 Å². The van der Waals surface area contributed by atoms with Crippen LogP contribution in [0, 0.1) is 0 Å². The van der Waals surface area contributed by atoms with E-state index < -0.39 is 0 Å². The van der Waals surface area contributed by atoms with Gasteiger partial charge in [-0.15, -0.1) is 11.3 Å². The van der Waals surface area contributed by atoms with Crippen molar-refractivity contribution in [3.8, 4) is 5.75 Å². The van der Waals surface area contributed by atoms with Crippen LogP contribution in [0.1, 0.15) is 10.4 Å². The monoisotopic (exact) mass is 326 g/mol. The maximum Gasteiger partial charge on any atom is 0.170 e. The SMILES string of the molecule is N/C(=N\O)c1ccc(OCc2ccc(Br)s2)cc1. The van der Waals surface area contributed by atoms with Gasteiger partial charge >= 0.3 is 0 Å². The average molecular weight is 327 g/mol. The Kier molecular flexibility index (Phi) is 4.22. The molecule has 0 amide bonds. The van der Waals surface area contributed by atoms with E-state index >= 15 is 0 Å². The first-order chi connectivity index (χ1) is 8.69. The highest BCUT2D eigenvalue weighted by molar-refractivity contribution is 9.11. The lowest BCUT2D eigenvalue weighted by molar-refractivity contribution is 0.309. The van der Waals surface area contributed by atoms with Crippen LogP contribution in [0.4, 0.5) is 0 Å². The molecule has 0 unspecified atom stereocenters. The van der Waals surface area contributed by atoms with Crippen molar-refractivity contribution in [1.29, 1.82) is 0 Å². The molecule has 6 heteroatoms. The average Bonchev–Trinajstić information content (AvgIpc) is 2.82. The summed E-state index contributed by atoms with van der Waals surface area (Å²) >= 11 is 5.04. The van der Waals surface area contributed by atoms with Crippen LogP contribution < -0.4 is 10.5 Å². The topological polar surface area (TPSA) is 67.8 Å². The molecule has 1 aromatic heterocycles. The number of rotatable bonds is 4. The summed E-state index contributed by atoms with van der Waals surface area (Å²) in [5.41, 5.74) is 6.12. The summed E-state index contributed by atoms with van der Waals surface area (Å²) in [5, 5.41) is 11.5. The first kappa shape index (κ1) is 12.9. The third-order valence-corrected chi connectivity index (χ3v) is 3.86. The van der Waals surface area contributed by atoms with E-state index in [4.69, 9.17) is 15.7 Å².